The van der Waals surface area contributed by atoms with Gasteiger partial charge in [-0.05, 0) is 69.6 Å². The van der Waals surface area contributed by atoms with Crippen LogP contribution in [0.1, 0.15) is 41.3 Å². The van der Waals surface area contributed by atoms with E-state index in [0.29, 0.717) is 23.0 Å². The van der Waals surface area contributed by atoms with Crippen LogP contribution >= 0.6 is 0 Å². The zero-order valence-electron chi connectivity index (χ0n) is 15.4. The second kappa shape index (κ2) is 8.80. The molecule has 7 nitrogen and oxygen atoms in total. The van der Waals surface area contributed by atoms with E-state index in [4.69, 9.17) is 9.26 Å². The van der Waals surface area contributed by atoms with Crippen molar-refractivity contribution in [2.45, 2.75) is 32.8 Å². The Morgan fingerprint density at radius 3 is 2.69 bits per heavy atom. The van der Waals surface area contributed by atoms with Crippen molar-refractivity contribution < 1.29 is 14.1 Å². The maximum Gasteiger partial charge on any atom is 0.251 e. The third-order valence-electron chi connectivity index (χ3n) is 4.73. The molecule has 140 valence electrons. The number of nitrogens with one attached hydrogen (secondary N) is 1. The molecule has 1 aromatic heterocycles. The number of piperidine rings is 1. The molecule has 1 aliphatic heterocycles. The van der Waals surface area contributed by atoms with Gasteiger partial charge in [-0.15, -0.1) is 0 Å². The first-order valence-electron chi connectivity index (χ1n) is 9.09. The van der Waals surface area contributed by atoms with Crippen molar-refractivity contribution in [1.82, 2.24) is 20.4 Å². The molecule has 0 radical (unpaired) electrons. The molecular formula is C19H26N4O3. The number of carbonyl (C=O) groups is 1. The summed E-state index contributed by atoms with van der Waals surface area (Å²) in [5.74, 6) is 2.35. The summed E-state index contributed by atoms with van der Waals surface area (Å²) in [5, 5.41) is 6.79. The van der Waals surface area contributed by atoms with E-state index in [0.717, 1.165) is 32.0 Å². The Morgan fingerprint density at radius 2 is 2.04 bits per heavy atom. The van der Waals surface area contributed by atoms with Crippen LogP contribution in [0.5, 0.6) is 5.75 Å². The number of nitrogens with zero attached hydrogens (tertiary/aromatic N) is 3. The maximum absolute atomic E-state index is 12.2. The number of benzene rings is 1. The van der Waals surface area contributed by atoms with Gasteiger partial charge in [-0.25, -0.2) is 0 Å². The summed E-state index contributed by atoms with van der Waals surface area (Å²) in [6.45, 7) is 5.01. The maximum atomic E-state index is 12.2. The van der Waals surface area contributed by atoms with Crippen LogP contribution < -0.4 is 10.1 Å². The molecule has 1 aliphatic rings. The van der Waals surface area contributed by atoms with Gasteiger partial charge >= 0.3 is 0 Å². The van der Waals surface area contributed by atoms with Crippen LogP contribution in [0.2, 0.25) is 0 Å². The largest absolute Gasteiger partial charge is 0.485 e. The van der Waals surface area contributed by atoms with Crippen LogP contribution in [0.3, 0.4) is 0 Å². The Balaban J connectivity index is 1.40. The number of aryl methyl sites for hydroxylation is 1. The van der Waals surface area contributed by atoms with Gasteiger partial charge in [0.2, 0.25) is 11.7 Å². The van der Waals surface area contributed by atoms with Crippen LogP contribution in [0.4, 0.5) is 0 Å². The predicted molar refractivity (Wildman–Crippen MR) is 97.0 cm³/mol. The van der Waals surface area contributed by atoms with Gasteiger partial charge in [0.1, 0.15) is 5.75 Å². The second-order valence-electron chi connectivity index (χ2n) is 6.83. The molecule has 0 saturated carbocycles. The fourth-order valence-electron chi connectivity index (χ4n) is 3.09. The Hall–Kier alpha value is -2.41. The van der Waals surface area contributed by atoms with Crippen molar-refractivity contribution >= 4 is 5.91 Å². The van der Waals surface area contributed by atoms with E-state index in [1.807, 2.05) is 0 Å². The number of hydrogen-bond acceptors (Lipinski definition) is 6. The quantitative estimate of drug-likeness (QED) is 0.819. The minimum atomic E-state index is -0.0433. The summed E-state index contributed by atoms with van der Waals surface area (Å²) >= 11 is 0. The summed E-state index contributed by atoms with van der Waals surface area (Å²) < 4.78 is 10.5. The minimum Gasteiger partial charge on any atom is -0.485 e. The van der Waals surface area contributed by atoms with Gasteiger partial charge in [0.05, 0.1) is 0 Å². The van der Waals surface area contributed by atoms with E-state index < -0.39 is 0 Å². The fraction of sp³-hybridized carbons (Fsp3) is 0.526. The Bertz CT molecular complexity index is 706. The fourth-order valence-corrected chi connectivity index (χ4v) is 3.09. The molecule has 1 saturated heterocycles. The average Bonchev–Trinajstić information content (AvgIpc) is 3.07. The van der Waals surface area contributed by atoms with E-state index in [9.17, 15) is 4.79 Å². The lowest BCUT2D eigenvalue weighted by Crippen LogP contribution is -2.32. The van der Waals surface area contributed by atoms with Gasteiger partial charge in [0.15, 0.2) is 6.61 Å². The number of carbonyl (C=O) groups excluding carboxylic acids is 1. The third-order valence-corrected chi connectivity index (χ3v) is 4.73. The molecule has 0 bridgehead atoms. The molecule has 7 heteroatoms. The molecule has 0 spiro atoms. The lowest BCUT2D eigenvalue weighted by Gasteiger charge is -2.28. The molecule has 2 heterocycles. The van der Waals surface area contributed by atoms with Gasteiger partial charge in [0.25, 0.3) is 5.91 Å². The average molecular weight is 358 g/mol. The second-order valence-corrected chi connectivity index (χ2v) is 6.83. The lowest BCUT2D eigenvalue weighted by molar-refractivity contribution is 0.0949. The highest BCUT2D eigenvalue weighted by molar-refractivity contribution is 5.94. The standard InChI is InChI=1S/C19H26N4O3/c1-14-21-18(22-26-14)13-25-17-5-3-16(4-6-17)19(24)20-10-7-15-8-11-23(2)12-9-15/h3-6,15H,7-13H2,1-2H3,(H,20,24). The van der Waals surface area contributed by atoms with Crippen molar-refractivity contribution in [3.8, 4) is 5.75 Å². The number of hydrogen-bond donors (Lipinski definition) is 1. The number of likely N-dealkylation sites (tertiary alicyclic amines) is 1. The van der Waals surface area contributed by atoms with Crippen molar-refractivity contribution in [2.24, 2.45) is 5.92 Å². The van der Waals surface area contributed by atoms with Crippen molar-refractivity contribution in [3.63, 3.8) is 0 Å². The van der Waals surface area contributed by atoms with Gasteiger partial charge in [-0.3, -0.25) is 4.79 Å². The summed E-state index contributed by atoms with van der Waals surface area (Å²) in [5.41, 5.74) is 0.635. The first kappa shape index (κ1) is 18.4. The SMILES string of the molecule is Cc1nc(COc2ccc(C(=O)NCCC3CCN(C)CC3)cc2)no1. The van der Waals surface area contributed by atoms with Crippen molar-refractivity contribution in [2.75, 3.05) is 26.7 Å². The minimum absolute atomic E-state index is 0.0433. The zero-order chi connectivity index (χ0) is 18.4. The normalized spacial score (nSPS) is 15.8. The molecule has 1 fully saturated rings. The molecule has 1 aromatic carbocycles. The lowest BCUT2D eigenvalue weighted by atomic mass is 9.94. The van der Waals surface area contributed by atoms with Crippen molar-refractivity contribution in [1.29, 1.82) is 0 Å². The summed E-state index contributed by atoms with van der Waals surface area (Å²) in [6.07, 6.45) is 3.49. The molecular weight excluding hydrogens is 332 g/mol. The topological polar surface area (TPSA) is 80.5 Å². The summed E-state index contributed by atoms with van der Waals surface area (Å²) in [6, 6.07) is 7.08. The molecule has 1 N–H and O–H groups in total. The first-order valence-corrected chi connectivity index (χ1v) is 9.09. The summed E-state index contributed by atoms with van der Waals surface area (Å²) in [4.78, 5) is 18.7. The zero-order valence-corrected chi connectivity index (χ0v) is 15.4. The Labute approximate surface area is 153 Å². The van der Waals surface area contributed by atoms with Gasteiger partial charge in [0, 0.05) is 19.0 Å². The third kappa shape index (κ3) is 5.29. The highest BCUT2D eigenvalue weighted by atomic mass is 16.5. The van der Waals surface area contributed by atoms with E-state index in [2.05, 4.69) is 27.4 Å². The Kier molecular flexibility index (Phi) is 6.22. The molecule has 0 unspecified atom stereocenters. The predicted octanol–water partition coefficient (Wildman–Crippen LogP) is 2.42. The number of aromatic nitrogens is 2. The van der Waals surface area contributed by atoms with Crippen LogP contribution in [-0.4, -0.2) is 47.6 Å². The number of amides is 1. The monoisotopic (exact) mass is 358 g/mol. The van der Waals surface area contributed by atoms with Crippen molar-refractivity contribution in [3.05, 3.63) is 41.5 Å². The van der Waals surface area contributed by atoms with Crippen LogP contribution in [-0.2, 0) is 6.61 Å². The highest BCUT2D eigenvalue weighted by Gasteiger charge is 2.16. The number of rotatable bonds is 7. The molecule has 1 amide bonds. The first-order chi connectivity index (χ1) is 12.6. The van der Waals surface area contributed by atoms with Crippen LogP contribution in [0, 0.1) is 12.8 Å². The van der Waals surface area contributed by atoms with Crippen LogP contribution in [0.25, 0.3) is 0 Å². The Morgan fingerprint density at radius 1 is 1.31 bits per heavy atom. The van der Waals surface area contributed by atoms with E-state index in [1.165, 1.54) is 12.8 Å². The molecule has 0 aliphatic carbocycles. The van der Waals surface area contributed by atoms with Gasteiger partial charge < -0.3 is 19.5 Å². The van der Waals surface area contributed by atoms with Gasteiger partial charge in [-0.1, -0.05) is 5.16 Å². The molecule has 3 rings (SSSR count). The van der Waals surface area contributed by atoms with Gasteiger partial charge in [-0.2, -0.15) is 4.98 Å². The smallest absolute Gasteiger partial charge is 0.251 e. The molecule has 0 atom stereocenters. The highest BCUT2D eigenvalue weighted by Crippen LogP contribution is 2.19. The van der Waals surface area contributed by atoms with E-state index in [1.54, 1.807) is 31.2 Å². The van der Waals surface area contributed by atoms with E-state index >= 15 is 0 Å². The van der Waals surface area contributed by atoms with Crippen LogP contribution in [0.15, 0.2) is 28.8 Å². The number of ether oxygens (including phenoxy) is 1. The molecule has 26 heavy (non-hydrogen) atoms. The summed E-state index contributed by atoms with van der Waals surface area (Å²) in [7, 11) is 2.16. The van der Waals surface area contributed by atoms with E-state index in [-0.39, 0.29) is 12.5 Å². The molecule has 2 aromatic rings.